The molecule has 122 valence electrons. The predicted molar refractivity (Wildman–Crippen MR) is 78.0 cm³/mol. The molecule has 0 radical (unpaired) electrons. The Hall–Kier alpha value is -2.15. The standard InChI is InChI=1S/C16H15F3N2O2/c1-10-14(16(17,18)19)21(8-9-23-10)15(22)12-6-2-4-11-5-3-7-20-13(11)12/h2-7,10,14H,8-9H2,1H3/t10-,14-/m0/s1. The minimum absolute atomic E-state index is 0.0810. The fourth-order valence-corrected chi connectivity index (χ4v) is 2.92. The van der Waals surface area contributed by atoms with Crippen LogP contribution in [0.3, 0.4) is 0 Å². The van der Waals surface area contributed by atoms with Gasteiger partial charge in [-0.2, -0.15) is 13.2 Å². The summed E-state index contributed by atoms with van der Waals surface area (Å²) in [5, 5.41) is 0.711. The van der Waals surface area contributed by atoms with Gasteiger partial charge >= 0.3 is 6.18 Å². The van der Waals surface area contributed by atoms with Crippen molar-refractivity contribution in [2.75, 3.05) is 13.2 Å². The van der Waals surface area contributed by atoms with Gasteiger partial charge in [0.1, 0.15) is 0 Å². The number of benzene rings is 1. The van der Waals surface area contributed by atoms with Crippen LogP contribution in [0.25, 0.3) is 10.9 Å². The molecule has 3 rings (SSSR count). The number of halogens is 3. The Morgan fingerprint density at radius 2 is 2.04 bits per heavy atom. The molecule has 2 heterocycles. The largest absolute Gasteiger partial charge is 0.411 e. The first-order chi connectivity index (χ1) is 10.9. The molecular weight excluding hydrogens is 309 g/mol. The molecule has 2 aromatic rings. The minimum Gasteiger partial charge on any atom is -0.374 e. The quantitative estimate of drug-likeness (QED) is 0.810. The molecule has 0 bridgehead atoms. The van der Waals surface area contributed by atoms with Crippen LogP contribution in [-0.2, 0) is 4.74 Å². The van der Waals surface area contributed by atoms with Crippen molar-refractivity contribution < 1.29 is 22.7 Å². The van der Waals surface area contributed by atoms with E-state index in [2.05, 4.69) is 4.98 Å². The summed E-state index contributed by atoms with van der Waals surface area (Å²) in [4.78, 5) is 17.7. The number of carbonyl (C=O) groups excluding carboxylic acids is 1. The van der Waals surface area contributed by atoms with Gasteiger partial charge in [0, 0.05) is 18.1 Å². The third kappa shape index (κ3) is 2.88. The zero-order valence-electron chi connectivity index (χ0n) is 12.4. The zero-order valence-corrected chi connectivity index (χ0v) is 12.4. The molecule has 0 N–H and O–H groups in total. The highest BCUT2D eigenvalue weighted by molar-refractivity contribution is 6.05. The van der Waals surface area contributed by atoms with E-state index in [-0.39, 0.29) is 18.7 Å². The fraction of sp³-hybridized carbons (Fsp3) is 0.375. The lowest BCUT2D eigenvalue weighted by Gasteiger charge is -2.40. The SMILES string of the molecule is C[C@@H]1OCCN(C(=O)c2cccc3cccnc23)[C@@H]1C(F)(F)F. The first-order valence-electron chi connectivity index (χ1n) is 7.22. The van der Waals surface area contributed by atoms with Crippen LogP contribution >= 0.6 is 0 Å². The molecule has 1 aliphatic heterocycles. The number of fused-ring (bicyclic) bond motifs is 1. The second-order valence-corrected chi connectivity index (χ2v) is 5.44. The van der Waals surface area contributed by atoms with Crippen molar-refractivity contribution in [1.82, 2.24) is 9.88 Å². The molecular formula is C16H15F3N2O2. The van der Waals surface area contributed by atoms with Gasteiger partial charge in [-0.25, -0.2) is 0 Å². The molecule has 1 fully saturated rings. The fourth-order valence-electron chi connectivity index (χ4n) is 2.92. The first-order valence-corrected chi connectivity index (χ1v) is 7.22. The second kappa shape index (κ2) is 5.81. The second-order valence-electron chi connectivity index (χ2n) is 5.44. The van der Waals surface area contributed by atoms with Crippen LogP contribution in [0, 0.1) is 0 Å². The number of alkyl halides is 3. The van der Waals surface area contributed by atoms with E-state index in [1.165, 1.54) is 19.2 Å². The van der Waals surface area contributed by atoms with E-state index < -0.39 is 24.2 Å². The van der Waals surface area contributed by atoms with Crippen molar-refractivity contribution in [2.24, 2.45) is 0 Å². The van der Waals surface area contributed by atoms with Crippen molar-refractivity contribution in [3.63, 3.8) is 0 Å². The van der Waals surface area contributed by atoms with Crippen LogP contribution in [0.15, 0.2) is 36.5 Å². The molecule has 1 saturated heterocycles. The molecule has 1 aliphatic rings. The number of rotatable bonds is 1. The summed E-state index contributed by atoms with van der Waals surface area (Å²) in [6.45, 7) is 1.31. The van der Waals surface area contributed by atoms with Crippen molar-refractivity contribution >= 4 is 16.8 Å². The first kappa shape index (κ1) is 15.7. The van der Waals surface area contributed by atoms with Crippen LogP contribution in [-0.4, -0.2) is 47.3 Å². The number of hydrogen-bond donors (Lipinski definition) is 0. The molecule has 0 saturated carbocycles. The number of pyridine rings is 1. The van der Waals surface area contributed by atoms with Crippen molar-refractivity contribution in [1.29, 1.82) is 0 Å². The number of aromatic nitrogens is 1. The van der Waals surface area contributed by atoms with Crippen LogP contribution in [0.4, 0.5) is 13.2 Å². The Kier molecular flexibility index (Phi) is 3.97. The summed E-state index contributed by atoms with van der Waals surface area (Å²) >= 11 is 0. The van der Waals surface area contributed by atoms with Crippen LogP contribution in [0.1, 0.15) is 17.3 Å². The van der Waals surface area contributed by atoms with Gasteiger partial charge in [-0.05, 0) is 19.1 Å². The lowest BCUT2D eigenvalue weighted by atomic mass is 10.0. The predicted octanol–water partition coefficient (Wildman–Crippen LogP) is 3.03. The van der Waals surface area contributed by atoms with Gasteiger partial charge in [-0.15, -0.1) is 0 Å². The molecule has 2 atom stereocenters. The topological polar surface area (TPSA) is 42.4 Å². The molecule has 1 amide bonds. The Balaban J connectivity index is 2.03. The van der Waals surface area contributed by atoms with Gasteiger partial charge in [-0.1, -0.05) is 18.2 Å². The maximum Gasteiger partial charge on any atom is 0.411 e. The lowest BCUT2D eigenvalue weighted by molar-refractivity contribution is -0.220. The minimum atomic E-state index is -4.55. The van der Waals surface area contributed by atoms with E-state index in [0.717, 1.165) is 4.90 Å². The third-order valence-electron chi connectivity index (χ3n) is 3.95. The summed E-state index contributed by atoms with van der Waals surface area (Å²) in [5.41, 5.74) is 0.575. The van der Waals surface area contributed by atoms with Gasteiger partial charge < -0.3 is 9.64 Å². The van der Waals surface area contributed by atoms with E-state index in [4.69, 9.17) is 4.74 Å². The maximum absolute atomic E-state index is 13.3. The molecule has 1 aromatic heterocycles. The molecule has 4 nitrogen and oxygen atoms in total. The summed E-state index contributed by atoms with van der Waals surface area (Å²) in [5.74, 6) is -0.674. The molecule has 7 heteroatoms. The molecule has 0 spiro atoms. The molecule has 0 unspecified atom stereocenters. The maximum atomic E-state index is 13.3. The van der Waals surface area contributed by atoms with Crippen molar-refractivity contribution in [3.05, 3.63) is 42.1 Å². The normalized spacial score (nSPS) is 22.3. The van der Waals surface area contributed by atoms with Crippen LogP contribution in [0.2, 0.25) is 0 Å². The van der Waals surface area contributed by atoms with Gasteiger partial charge in [0.2, 0.25) is 0 Å². The number of ether oxygens (including phenoxy) is 1. The highest BCUT2D eigenvalue weighted by Gasteiger charge is 2.51. The Bertz CT molecular complexity index is 727. The summed E-state index contributed by atoms with van der Waals surface area (Å²) in [6.07, 6.45) is -4.13. The monoisotopic (exact) mass is 324 g/mol. The Morgan fingerprint density at radius 3 is 2.78 bits per heavy atom. The average molecular weight is 324 g/mol. The molecule has 0 aliphatic carbocycles. The zero-order chi connectivity index (χ0) is 16.6. The Labute approximate surface area is 130 Å². The molecule has 23 heavy (non-hydrogen) atoms. The summed E-state index contributed by atoms with van der Waals surface area (Å²) in [6, 6.07) is 6.44. The number of amides is 1. The van der Waals surface area contributed by atoms with Crippen LogP contribution < -0.4 is 0 Å². The highest BCUT2D eigenvalue weighted by Crippen LogP contribution is 2.32. The number of para-hydroxylation sites is 1. The summed E-state index contributed by atoms with van der Waals surface area (Å²) < 4.78 is 45.1. The van der Waals surface area contributed by atoms with E-state index in [1.54, 1.807) is 24.3 Å². The van der Waals surface area contributed by atoms with Crippen molar-refractivity contribution in [3.8, 4) is 0 Å². The van der Waals surface area contributed by atoms with Gasteiger partial charge in [0.15, 0.2) is 6.04 Å². The van der Waals surface area contributed by atoms with E-state index >= 15 is 0 Å². The average Bonchev–Trinajstić information content (AvgIpc) is 2.52. The Morgan fingerprint density at radius 1 is 1.30 bits per heavy atom. The summed E-state index contributed by atoms with van der Waals surface area (Å²) in [7, 11) is 0. The number of morpholine rings is 1. The number of nitrogens with zero attached hydrogens (tertiary/aromatic N) is 2. The lowest BCUT2D eigenvalue weighted by Crippen LogP contribution is -2.59. The van der Waals surface area contributed by atoms with Gasteiger partial charge in [-0.3, -0.25) is 9.78 Å². The highest BCUT2D eigenvalue weighted by atomic mass is 19.4. The molecule has 1 aromatic carbocycles. The van der Waals surface area contributed by atoms with Crippen molar-refractivity contribution in [2.45, 2.75) is 25.2 Å². The van der Waals surface area contributed by atoms with Gasteiger partial charge in [0.05, 0.1) is 23.8 Å². The van der Waals surface area contributed by atoms with E-state index in [0.29, 0.717) is 10.9 Å². The number of hydrogen-bond acceptors (Lipinski definition) is 3. The van der Waals surface area contributed by atoms with E-state index in [1.807, 2.05) is 0 Å². The smallest absolute Gasteiger partial charge is 0.374 e. The van der Waals surface area contributed by atoms with E-state index in [9.17, 15) is 18.0 Å². The number of carbonyl (C=O) groups is 1. The van der Waals surface area contributed by atoms with Gasteiger partial charge in [0.25, 0.3) is 5.91 Å². The third-order valence-corrected chi connectivity index (χ3v) is 3.95. The van der Waals surface area contributed by atoms with Crippen LogP contribution in [0.5, 0.6) is 0 Å².